The molecule has 0 fully saturated rings. The van der Waals surface area contributed by atoms with Gasteiger partial charge < -0.3 is 9.47 Å². The molecule has 1 rings (SSSR count). The maximum atomic E-state index is 11.6. The van der Waals surface area contributed by atoms with Crippen LogP contribution in [0, 0.1) is 0 Å². The van der Waals surface area contributed by atoms with Crippen molar-refractivity contribution in [3.05, 3.63) is 28.8 Å². The van der Waals surface area contributed by atoms with Crippen molar-refractivity contribution < 1.29 is 14.3 Å². The summed E-state index contributed by atoms with van der Waals surface area (Å²) in [4.78, 5) is 11.6. The number of methoxy groups -OCH3 is 1. The van der Waals surface area contributed by atoms with Crippen molar-refractivity contribution in [2.75, 3.05) is 13.7 Å². The van der Waals surface area contributed by atoms with E-state index in [0.717, 1.165) is 6.42 Å². The quantitative estimate of drug-likeness (QED) is 0.744. The standard InChI is InChI=1S/C11H13ClO3/c1-3-6-15-11(13)9-7-8(12)4-5-10(9)14-2/h4-5,7H,3,6H2,1-2H3. The first-order valence-electron chi connectivity index (χ1n) is 4.69. The molecule has 4 heteroatoms. The number of halogens is 1. The van der Waals surface area contributed by atoms with E-state index in [1.807, 2.05) is 6.92 Å². The zero-order chi connectivity index (χ0) is 11.3. The monoisotopic (exact) mass is 228 g/mol. The van der Waals surface area contributed by atoms with Crippen LogP contribution in [-0.2, 0) is 4.74 Å². The van der Waals surface area contributed by atoms with E-state index >= 15 is 0 Å². The SMILES string of the molecule is CCCOC(=O)c1cc(Cl)ccc1OC. The lowest BCUT2D eigenvalue weighted by atomic mass is 10.2. The summed E-state index contributed by atoms with van der Waals surface area (Å²) in [5.74, 6) is 0.0664. The Bertz CT molecular complexity index is 350. The van der Waals surface area contributed by atoms with E-state index in [2.05, 4.69) is 0 Å². The predicted molar refractivity (Wildman–Crippen MR) is 58.6 cm³/mol. The van der Waals surface area contributed by atoms with Gasteiger partial charge in [0.15, 0.2) is 0 Å². The van der Waals surface area contributed by atoms with Crippen LogP contribution in [0.3, 0.4) is 0 Å². The van der Waals surface area contributed by atoms with Crippen molar-refractivity contribution in [1.29, 1.82) is 0 Å². The third kappa shape index (κ3) is 3.13. The van der Waals surface area contributed by atoms with Crippen LogP contribution in [-0.4, -0.2) is 19.7 Å². The number of carbonyl (C=O) groups excluding carboxylic acids is 1. The lowest BCUT2D eigenvalue weighted by Gasteiger charge is -2.08. The Morgan fingerprint density at radius 3 is 2.80 bits per heavy atom. The Hall–Kier alpha value is -1.22. The van der Waals surface area contributed by atoms with Crippen LogP contribution in [0.1, 0.15) is 23.7 Å². The average molecular weight is 229 g/mol. The first kappa shape index (κ1) is 11.9. The summed E-state index contributed by atoms with van der Waals surface area (Å²) in [7, 11) is 1.50. The Kier molecular flexibility index (Phi) is 4.43. The highest BCUT2D eigenvalue weighted by Crippen LogP contribution is 2.23. The van der Waals surface area contributed by atoms with Crippen LogP contribution in [0.15, 0.2) is 18.2 Å². The Morgan fingerprint density at radius 1 is 1.47 bits per heavy atom. The molecule has 0 atom stereocenters. The summed E-state index contributed by atoms with van der Waals surface area (Å²) < 4.78 is 10.0. The molecule has 0 aliphatic carbocycles. The fourth-order valence-corrected chi connectivity index (χ4v) is 1.28. The van der Waals surface area contributed by atoms with Gasteiger partial charge in [0.05, 0.1) is 13.7 Å². The Morgan fingerprint density at radius 2 is 2.20 bits per heavy atom. The molecule has 0 amide bonds. The molecule has 0 spiro atoms. The maximum Gasteiger partial charge on any atom is 0.341 e. The molecule has 0 saturated heterocycles. The van der Waals surface area contributed by atoms with Gasteiger partial charge in [-0.3, -0.25) is 0 Å². The lowest BCUT2D eigenvalue weighted by Crippen LogP contribution is -2.07. The fraction of sp³-hybridized carbons (Fsp3) is 0.364. The second kappa shape index (κ2) is 5.61. The lowest BCUT2D eigenvalue weighted by molar-refractivity contribution is 0.0501. The average Bonchev–Trinajstić information content (AvgIpc) is 2.25. The van der Waals surface area contributed by atoms with Crippen molar-refractivity contribution in [1.82, 2.24) is 0 Å². The van der Waals surface area contributed by atoms with Gasteiger partial charge in [-0.2, -0.15) is 0 Å². The van der Waals surface area contributed by atoms with E-state index in [9.17, 15) is 4.79 Å². The number of carbonyl (C=O) groups is 1. The molecule has 1 aromatic carbocycles. The second-order valence-corrected chi connectivity index (χ2v) is 3.42. The Labute approximate surface area is 93.9 Å². The van der Waals surface area contributed by atoms with E-state index in [0.29, 0.717) is 22.9 Å². The van der Waals surface area contributed by atoms with Crippen molar-refractivity contribution in [3.8, 4) is 5.75 Å². The zero-order valence-corrected chi connectivity index (χ0v) is 9.50. The molecule has 0 aromatic heterocycles. The zero-order valence-electron chi connectivity index (χ0n) is 8.75. The van der Waals surface area contributed by atoms with E-state index < -0.39 is 5.97 Å². The highest BCUT2D eigenvalue weighted by Gasteiger charge is 2.13. The minimum atomic E-state index is -0.406. The number of esters is 1. The largest absolute Gasteiger partial charge is 0.496 e. The molecular weight excluding hydrogens is 216 g/mol. The molecule has 15 heavy (non-hydrogen) atoms. The molecule has 82 valence electrons. The topological polar surface area (TPSA) is 35.5 Å². The van der Waals surface area contributed by atoms with Gasteiger partial charge in [0.25, 0.3) is 0 Å². The van der Waals surface area contributed by atoms with Gasteiger partial charge in [-0.1, -0.05) is 18.5 Å². The van der Waals surface area contributed by atoms with Crippen LogP contribution >= 0.6 is 11.6 Å². The normalized spacial score (nSPS) is 9.80. The predicted octanol–water partition coefficient (Wildman–Crippen LogP) is 2.92. The number of hydrogen-bond donors (Lipinski definition) is 0. The van der Waals surface area contributed by atoms with E-state index in [1.165, 1.54) is 7.11 Å². The molecule has 0 unspecified atom stereocenters. The molecule has 0 aliphatic heterocycles. The first-order chi connectivity index (χ1) is 7.19. The third-order valence-electron chi connectivity index (χ3n) is 1.82. The third-order valence-corrected chi connectivity index (χ3v) is 2.05. The summed E-state index contributed by atoms with van der Waals surface area (Å²) in [5.41, 5.74) is 0.360. The summed E-state index contributed by atoms with van der Waals surface area (Å²) in [5, 5.41) is 0.485. The van der Waals surface area contributed by atoms with E-state index in [4.69, 9.17) is 21.1 Å². The van der Waals surface area contributed by atoms with Crippen molar-refractivity contribution in [2.45, 2.75) is 13.3 Å². The maximum absolute atomic E-state index is 11.6. The summed E-state index contributed by atoms with van der Waals surface area (Å²) in [6.45, 7) is 2.33. The summed E-state index contributed by atoms with van der Waals surface area (Å²) in [6, 6.07) is 4.85. The molecule has 3 nitrogen and oxygen atoms in total. The number of ether oxygens (including phenoxy) is 2. The van der Waals surface area contributed by atoms with Crippen LogP contribution in [0.25, 0.3) is 0 Å². The van der Waals surface area contributed by atoms with Crippen molar-refractivity contribution in [3.63, 3.8) is 0 Å². The molecule has 0 saturated carbocycles. The smallest absolute Gasteiger partial charge is 0.341 e. The molecule has 1 aromatic rings. The van der Waals surface area contributed by atoms with Gasteiger partial charge in [-0.25, -0.2) is 4.79 Å². The van der Waals surface area contributed by atoms with Gasteiger partial charge >= 0.3 is 5.97 Å². The number of hydrogen-bond acceptors (Lipinski definition) is 3. The molecule has 0 aliphatic rings. The van der Waals surface area contributed by atoms with Crippen molar-refractivity contribution in [2.24, 2.45) is 0 Å². The molecule has 0 radical (unpaired) electrons. The van der Waals surface area contributed by atoms with Gasteiger partial charge in [0, 0.05) is 5.02 Å². The van der Waals surface area contributed by atoms with Crippen LogP contribution in [0.5, 0.6) is 5.75 Å². The second-order valence-electron chi connectivity index (χ2n) is 2.98. The van der Waals surface area contributed by atoms with E-state index in [-0.39, 0.29) is 0 Å². The molecule has 0 heterocycles. The summed E-state index contributed by atoms with van der Waals surface area (Å²) >= 11 is 5.79. The minimum absolute atomic E-state index is 0.360. The van der Waals surface area contributed by atoms with Gasteiger partial charge in [0.1, 0.15) is 11.3 Å². The molecule has 0 N–H and O–H groups in total. The highest BCUT2D eigenvalue weighted by atomic mass is 35.5. The Balaban J connectivity index is 2.90. The fourth-order valence-electron chi connectivity index (χ4n) is 1.11. The molecule has 0 bridgehead atoms. The summed E-state index contributed by atoms with van der Waals surface area (Å²) in [6.07, 6.45) is 0.786. The number of rotatable bonds is 4. The van der Waals surface area contributed by atoms with Gasteiger partial charge in [-0.05, 0) is 24.6 Å². The highest BCUT2D eigenvalue weighted by molar-refractivity contribution is 6.31. The van der Waals surface area contributed by atoms with Gasteiger partial charge in [0.2, 0.25) is 0 Å². The van der Waals surface area contributed by atoms with Crippen LogP contribution in [0.4, 0.5) is 0 Å². The number of benzene rings is 1. The minimum Gasteiger partial charge on any atom is -0.496 e. The molecular formula is C11H13ClO3. The van der Waals surface area contributed by atoms with Crippen LogP contribution < -0.4 is 4.74 Å². The van der Waals surface area contributed by atoms with Crippen molar-refractivity contribution >= 4 is 17.6 Å². The van der Waals surface area contributed by atoms with Gasteiger partial charge in [-0.15, -0.1) is 0 Å². The first-order valence-corrected chi connectivity index (χ1v) is 5.07. The van der Waals surface area contributed by atoms with Crippen LogP contribution in [0.2, 0.25) is 5.02 Å². The van der Waals surface area contributed by atoms with E-state index in [1.54, 1.807) is 18.2 Å².